The van der Waals surface area contributed by atoms with Gasteiger partial charge in [0.15, 0.2) is 0 Å². The van der Waals surface area contributed by atoms with Crippen molar-refractivity contribution in [2.75, 3.05) is 39.3 Å². The van der Waals surface area contributed by atoms with Crippen LogP contribution < -0.4 is 5.32 Å². The van der Waals surface area contributed by atoms with Crippen molar-refractivity contribution in [1.29, 1.82) is 0 Å². The van der Waals surface area contributed by atoms with Crippen molar-refractivity contribution < 1.29 is 0 Å². The highest BCUT2D eigenvalue weighted by atomic mass is 15.2. The van der Waals surface area contributed by atoms with E-state index in [1.165, 1.54) is 52.1 Å². The molecule has 2 saturated heterocycles. The third-order valence-electron chi connectivity index (χ3n) is 4.83. The standard InChI is InChI=1S/C16H33N3/c1-13(2)19-8-6-16(12-19)11-18-7-5-15(4)17-9-14(3)10-18/h13-17H,5-12H2,1-4H3. The summed E-state index contributed by atoms with van der Waals surface area (Å²) in [6, 6.07) is 1.40. The molecule has 0 saturated carbocycles. The Morgan fingerprint density at radius 2 is 1.89 bits per heavy atom. The lowest BCUT2D eigenvalue weighted by atomic mass is 10.0. The van der Waals surface area contributed by atoms with E-state index in [0.29, 0.717) is 6.04 Å². The topological polar surface area (TPSA) is 18.5 Å². The van der Waals surface area contributed by atoms with E-state index in [-0.39, 0.29) is 0 Å². The Morgan fingerprint density at radius 1 is 1.11 bits per heavy atom. The van der Waals surface area contributed by atoms with E-state index < -0.39 is 0 Å². The van der Waals surface area contributed by atoms with E-state index in [1.807, 2.05) is 0 Å². The molecule has 0 spiro atoms. The van der Waals surface area contributed by atoms with Gasteiger partial charge in [0.1, 0.15) is 0 Å². The summed E-state index contributed by atoms with van der Waals surface area (Å²) in [4.78, 5) is 5.37. The van der Waals surface area contributed by atoms with Gasteiger partial charge in [0.25, 0.3) is 0 Å². The minimum Gasteiger partial charge on any atom is -0.314 e. The van der Waals surface area contributed by atoms with Crippen molar-refractivity contribution in [2.45, 2.75) is 52.6 Å². The second-order valence-electron chi connectivity index (χ2n) is 7.21. The van der Waals surface area contributed by atoms with Gasteiger partial charge in [0.2, 0.25) is 0 Å². The highest BCUT2D eigenvalue weighted by molar-refractivity contribution is 4.82. The maximum Gasteiger partial charge on any atom is 0.00510 e. The SMILES string of the molecule is CC1CNC(C)CCN(CC2CCN(C(C)C)C2)C1. The molecular formula is C16H33N3. The minimum absolute atomic E-state index is 0.681. The number of likely N-dealkylation sites (tertiary alicyclic amines) is 1. The largest absolute Gasteiger partial charge is 0.314 e. The van der Waals surface area contributed by atoms with Crippen LogP contribution in [-0.4, -0.2) is 61.2 Å². The zero-order valence-corrected chi connectivity index (χ0v) is 13.4. The summed E-state index contributed by atoms with van der Waals surface area (Å²) in [6.45, 7) is 17.0. The van der Waals surface area contributed by atoms with Crippen molar-refractivity contribution in [3.8, 4) is 0 Å². The van der Waals surface area contributed by atoms with Crippen molar-refractivity contribution >= 4 is 0 Å². The van der Waals surface area contributed by atoms with E-state index >= 15 is 0 Å². The molecule has 2 aliphatic heterocycles. The average Bonchev–Trinajstić information content (AvgIpc) is 2.80. The lowest BCUT2D eigenvalue weighted by molar-refractivity contribution is 0.171. The van der Waals surface area contributed by atoms with Crippen LogP contribution in [-0.2, 0) is 0 Å². The summed E-state index contributed by atoms with van der Waals surface area (Å²) >= 11 is 0. The number of hydrogen-bond donors (Lipinski definition) is 1. The summed E-state index contributed by atoms with van der Waals surface area (Å²) in [5.74, 6) is 1.68. The Bertz CT molecular complexity index is 267. The van der Waals surface area contributed by atoms with E-state index in [0.717, 1.165) is 17.9 Å². The molecule has 0 aromatic heterocycles. The van der Waals surface area contributed by atoms with E-state index in [4.69, 9.17) is 0 Å². The van der Waals surface area contributed by atoms with Crippen LogP contribution in [0.3, 0.4) is 0 Å². The Labute approximate surface area is 119 Å². The zero-order valence-electron chi connectivity index (χ0n) is 13.4. The Hall–Kier alpha value is -0.120. The maximum absolute atomic E-state index is 3.64. The fraction of sp³-hybridized carbons (Fsp3) is 1.00. The van der Waals surface area contributed by atoms with Gasteiger partial charge in [-0.2, -0.15) is 0 Å². The predicted octanol–water partition coefficient (Wildman–Crippen LogP) is 2.04. The first-order valence-electron chi connectivity index (χ1n) is 8.24. The first-order valence-corrected chi connectivity index (χ1v) is 8.24. The second-order valence-corrected chi connectivity index (χ2v) is 7.21. The van der Waals surface area contributed by atoms with Gasteiger partial charge in [-0.1, -0.05) is 6.92 Å². The summed E-state index contributed by atoms with van der Waals surface area (Å²) < 4.78 is 0. The summed E-state index contributed by atoms with van der Waals surface area (Å²) in [7, 11) is 0. The molecule has 3 unspecified atom stereocenters. The molecule has 2 fully saturated rings. The molecule has 0 aliphatic carbocycles. The average molecular weight is 267 g/mol. The van der Waals surface area contributed by atoms with Gasteiger partial charge < -0.3 is 15.1 Å². The van der Waals surface area contributed by atoms with Gasteiger partial charge in [0, 0.05) is 31.7 Å². The van der Waals surface area contributed by atoms with Crippen LogP contribution in [0.5, 0.6) is 0 Å². The fourth-order valence-corrected chi connectivity index (χ4v) is 3.49. The molecule has 2 rings (SSSR count). The number of hydrogen-bond acceptors (Lipinski definition) is 3. The molecule has 1 N–H and O–H groups in total. The van der Waals surface area contributed by atoms with E-state index in [2.05, 4.69) is 42.8 Å². The molecular weight excluding hydrogens is 234 g/mol. The third-order valence-corrected chi connectivity index (χ3v) is 4.83. The van der Waals surface area contributed by atoms with Crippen molar-refractivity contribution in [2.24, 2.45) is 11.8 Å². The summed E-state index contributed by atoms with van der Waals surface area (Å²) in [6.07, 6.45) is 2.70. The lowest BCUT2D eigenvalue weighted by Crippen LogP contribution is -2.44. The molecule has 0 aromatic carbocycles. The quantitative estimate of drug-likeness (QED) is 0.844. The molecule has 2 aliphatic rings. The number of nitrogens with zero attached hydrogens (tertiary/aromatic N) is 2. The summed E-state index contributed by atoms with van der Waals surface area (Å²) in [5.41, 5.74) is 0. The van der Waals surface area contributed by atoms with Gasteiger partial charge in [-0.15, -0.1) is 0 Å². The van der Waals surface area contributed by atoms with Crippen LogP contribution in [0.1, 0.15) is 40.5 Å². The zero-order chi connectivity index (χ0) is 13.8. The molecule has 2 heterocycles. The number of nitrogens with one attached hydrogen (secondary N) is 1. The Balaban J connectivity index is 1.80. The minimum atomic E-state index is 0.681. The predicted molar refractivity (Wildman–Crippen MR) is 82.5 cm³/mol. The second kappa shape index (κ2) is 7.05. The fourth-order valence-electron chi connectivity index (χ4n) is 3.49. The first kappa shape index (κ1) is 15.3. The van der Waals surface area contributed by atoms with Crippen molar-refractivity contribution in [3.05, 3.63) is 0 Å². The van der Waals surface area contributed by atoms with E-state index in [9.17, 15) is 0 Å². The molecule has 3 atom stereocenters. The summed E-state index contributed by atoms with van der Waals surface area (Å²) in [5, 5.41) is 3.64. The molecule has 3 nitrogen and oxygen atoms in total. The van der Waals surface area contributed by atoms with Gasteiger partial charge in [-0.25, -0.2) is 0 Å². The molecule has 3 heteroatoms. The van der Waals surface area contributed by atoms with Gasteiger partial charge >= 0.3 is 0 Å². The van der Waals surface area contributed by atoms with Gasteiger partial charge in [-0.05, 0) is 65.1 Å². The Morgan fingerprint density at radius 3 is 2.58 bits per heavy atom. The number of rotatable bonds is 3. The van der Waals surface area contributed by atoms with Crippen LogP contribution in [0.15, 0.2) is 0 Å². The highest BCUT2D eigenvalue weighted by Gasteiger charge is 2.26. The molecule has 0 aromatic rings. The molecule has 19 heavy (non-hydrogen) atoms. The van der Waals surface area contributed by atoms with Gasteiger partial charge in [-0.3, -0.25) is 0 Å². The van der Waals surface area contributed by atoms with Crippen molar-refractivity contribution in [3.63, 3.8) is 0 Å². The third kappa shape index (κ3) is 4.73. The lowest BCUT2D eigenvalue weighted by Gasteiger charge is -2.33. The van der Waals surface area contributed by atoms with Crippen LogP contribution in [0.2, 0.25) is 0 Å². The normalized spacial score (nSPS) is 35.5. The molecule has 0 radical (unpaired) electrons. The van der Waals surface area contributed by atoms with Crippen LogP contribution >= 0.6 is 0 Å². The molecule has 0 bridgehead atoms. The first-order chi connectivity index (χ1) is 9.04. The highest BCUT2D eigenvalue weighted by Crippen LogP contribution is 2.20. The van der Waals surface area contributed by atoms with Gasteiger partial charge in [0.05, 0.1) is 0 Å². The smallest absolute Gasteiger partial charge is 0.00510 e. The van der Waals surface area contributed by atoms with Crippen molar-refractivity contribution in [1.82, 2.24) is 15.1 Å². The monoisotopic (exact) mass is 267 g/mol. The molecule has 0 amide bonds. The van der Waals surface area contributed by atoms with E-state index in [1.54, 1.807) is 0 Å². The van der Waals surface area contributed by atoms with Crippen LogP contribution in [0.4, 0.5) is 0 Å². The maximum atomic E-state index is 3.64. The van der Waals surface area contributed by atoms with Crippen LogP contribution in [0.25, 0.3) is 0 Å². The van der Waals surface area contributed by atoms with Crippen LogP contribution in [0, 0.1) is 11.8 Å². The molecule has 112 valence electrons. The Kier molecular flexibility index (Phi) is 5.67.